The van der Waals surface area contributed by atoms with Gasteiger partial charge in [-0.05, 0) is 48.2 Å². The van der Waals surface area contributed by atoms with Crippen LogP contribution in [0.3, 0.4) is 0 Å². The first-order valence-corrected chi connectivity index (χ1v) is 7.57. The van der Waals surface area contributed by atoms with Crippen LogP contribution < -0.4 is 4.74 Å². The standard InChI is InChI=1S/C18H20N2O2/c1-22-17-6-2-14(3-7-17)12-18(21)20(16-4-5-16)13-15-8-10-19-11-9-15/h2-3,6-11,16H,4-5,12-13H2,1H3. The Labute approximate surface area is 130 Å². The molecule has 0 N–H and O–H groups in total. The molecule has 3 rings (SSSR count). The van der Waals surface area contributed by atoms with Crippen molar-refractivity contribution in [1.82, 2.24) is 9.88 Å². The molecular weight excluding hydrogens is 276 g/mol. The van der Waals surface area contributed by atoms with Crippen molar-refractivity contribution >= 4 is 5.91 Å². The molecule has 4 nitrogen and oxygen atoms in total. The third-order valence-corrected chi connectivity index (χ3v) is 3.92. The molecule has 0 saturated heterocycles. The van der Waals surface area contributed by atoms with Crippen molar-refractivity contribution in [2.24, 2.45) is 0 Å². The number of hydrogen-bond acceptors (Lipinski definition) is 3. The van der Waals surface area contributed by atoms with E-state index in [9.17, 15) is 4.79 Å². The number of ether oxygens (including phenoxy) is 1. The van der Waals surface area contributed by atoms with Crippen molar-refractivity contribution in [1.29, 1.82) is 0 Å². The lowest BCUT2D eigenvalue weighted by Crippen LogP contribution is -2.33. The van der Waals surface area contributed by atoms with Crippen LogP contribution in [0.4, 0.5) is 0 Å². The highest BCUT2D eigenvalue weighted by atomic mass is 16.5. The number of aromatic nitrogens is 1. The summed E-state index contributed by atoms with van der Waals surface area (Å²) in [4.78, 5) is 18.7. The number of benzene rings is 1. The molecule has 1 aliphatic rings. The predicted octanol–water partition coefficient (Wildman–Crippen LogP) is 2.82. The van der Waals surface area contributed by atoms with E-state index < -0.39 is 0 Å². The molecule has 114 valence electrons. The average Bonchev–Trinajstić information content (AvgIpc) is 3.39. The molecule has 0 spiro atoms. The lowest BCUT2D eigenvalue weighted by molar-refractivity contribution is -0.131. The van der Waals surface area contributed by atoms with Crippen LogP contribution in [0.25, 0.3) is 0 Å². The summed E-state index contributed by atoms with van der Waals surface area (Å²) in [6.07, 6.45) is 6.20. The third kappa shape index (κ3) is 3.64. The lowest BCUT2D eigenvalue weighted by Gasteiger charge is -2.22. The zero-order chi connectivity index (χ0) is 15.4. The van der Waals surface area contributed by atoms with Gasteiger partial charge in [0.15, 0.2) is 0 Å². The van der Waals surface area contributed by atoms with E-state index in [0.717, 1.165) is 29.7 Å². The van der Waals surface area contributed by atoms with E-state index in [1.54, 1.807) is 19.5 Å². The molecule has 0 bridgehead atoms. The summed E-state index contributed by atoms with van der Waals surface area (Å²) in [6, 6.07) is 12.0. The van der Waals surface area contributed by atoms with Crippen molar-refractivity contribution in [3.8, 4) is 5.75 Å². The second-order valence-corrected chi connectivity index (χ2v) is 5.63. The Kier molecular flexibility index (Phi) is 4.37. The maximum absolute atomic E-state index is 12.6. The number of rotatable bonds is 6. The van der Waals surface area contributed by atoms with Gasteiger partial charge in [0.1, 0.15) is 5.75 Å². The quantitative estimate of drug-likeness (QED) is 0.823. The maximum Gasteiger partial charge on any atom is 0.227 e. The highest BCUT2D eigenvalue weighted by Crippen LogP contribution is 2.29. The largest absolute Gasteiger partial charge is 0.497 e. The molecule has 0 atom stereocenters. The normalized spacial score (nSPS) is 13.7. The van der Waals surface area contributed by atoms with Crippen molar-refractivity contribution in [3.05, 3.63) is 59.9 Å². The fraction of sp³-hybridized carbons (Fsp3) is 0.333. The summed E-state index contributed by atoms with van der Waals surface area (Å²) < 4.78 is 5.15. The minimum atomic E-state index is 0.185. The zero-order valence-corrected chi connectivity index (χ0v) is 12.7. The maximum atomic E-state index is 12.6. The predicted molar refractivity (Wildman–Crippen MR) is 84.5 cm³/mol. The van der Waals surface area contributed by atoms with Gasteiger partial charge in [-0.15, -0.1) is 0 Å². The summed E-state index contributed by atoms with van der Waals surface area (Å²) in [5.41, 5.74) is 2.15. The monoisotopic (exact) mass is 296 g/mol. The van der Waals surface area contributed by atoms with E-state index in [2.05, 4.69) is 4.98 Å². The number of amides is 1. The van der Waals surface area contributed by atoms with Crippen molar-refractivity contribution in [3.63, 3.8) is 0 Å². The number of nitrogens with zero attached hydrogens (tertiary/aromatic N) is 2. The minimum absolute atomic E-state index is 0.185. The Morgan fingerprint density at radius 3 is 2.41 bits per heavy atom. The average molecular weight is 296 g/mol. The Hall–Kier alpha value is -2.36. The van der Waals surface area contributed by atoms with Gasteiger partial charge in [-0.25, -0.2) is 0 Å². The summed E-state index contributed by atoms with van der Waals surface area (Å²) in [7, 11) is 1.64. The Balaban J connectivity index is 1.67. The van der Waals surface area contributed by atoms with Crippen LogP contribution in [0, 0.1) is 0 Å². The van der Waals surface area contributed by atoms with Gasteiger partial charge in [-0.1, -0.05) is 12.1 Å². The van der Waals surface area contributed by atoms with E-state index >= 15 is 0 Å². The Morgan fingerprint density at radius 2 is 1.82 bits per heavy atom. The van der Waals surface area contributed by atoms with E-state index in [-0.39, 0.29) is 5.91 Å². The first kappa shape index (κ1) is 14.6. The zero-order valence-electron chi connectivity index (χ0n) is 12.7. The van der Waals surface area contributed by atoms with Crippen LogP contribution in [0.1, 0.15) is 24.0 Å². The summed E-state index contributed by atoms with van der Waals surface area (Å²) in [5.74, 6) is 0.997. The Bertz CT molecular complexity index is 621. The molecular formula is C18H20N2O2. The van der Waals surface area contributed by atoms with Gasteiger partial charge in [0, 0.05) is 25.0 Å². The molecule has 4 heteroatoms. The van der Waals surface area contributed by atoms with Crippen molar-refractivity contribution < 1.29 is 9.53 Å². The molecule has 1 amide bonds. The molecule has 2 aromatic rings. The molecule has 1 heterocycles. The first-order chi connectivity index (χ1) is 10.8. The first-order valence-electron chi connectivity index (χ1n) is 7.57. The summed E-state index contributed by atoms with van der Waals surface area (Å²) in [6.45, 7) is 0.669. The Morgan fingerprint density at radius 1 is 1.14 bits per heavy atom. The highest BCUT2D eigenvalue weighted by Gasteiger charge is 2.32. The molecule has 0 unspecified atom stereocenters. The molecule has 1 saturated carbocycles. The second-order valence-electron chi connectivity index (χ2n) is 5.63. The highest BCUT2D eigenvalue weighted by molar-refractivity contribution is 5.79. The van der Waals surface area contributed by atoms with E-state index in [1.807, 2.05) is 41.3 Å². The van der Waals surface area contributed by atoms with Crippen molar-refractivity contribution in [2.75, 3.05) is 7.11 Å². The van der Waals surface area contributed by atoms with Gasteiger partial charge in [-0.2, -0.15) is 0 Å². The van der Waals surface area contributed by atoms with E-state index in [1.165, 1.54) is 0 Å². The van der Waals surface area contributed by atoms with Crippen LogP contribution in [-0.2, 0) is 17.8 Å². The third-order valence-electron chi connectivity index (χ3n) is 3.92. The summed E-state index contributed by atoms with van der Waals surface area (Å²) >= 11 is 0. The van der Waals surface area contributed by atoms with Gasteiger partial charge in [-0.3, -0.25) is 9.78 Å². The molecule has 22 heavy (non-hydrogen) atoms. The van der Waals surface area contributed by atoms with Crippen LogP contribution >= 0.6 is 0 Å². The minimum Gasteiger partial charge on any atom is -0.497 e. The van der Waals surface area contributed by atoms with Gasteiger partial charge in [0.25, 0.3) is 0 Å². The van der Waals surface area contributed by atoms with Gasteiger partial charge < -0.3 is 9.64 Å². The van der Waals surface area contributed by atoms with Crippen molar-refractivity contribution in [2.45, 2.75) is 31.8 Å². The molecule has 0 radical (unpaired) electrons. The fourth-order valence-corrected chi connectivity index (χ4v) is 2.51. The lowest BCUT2D eigenvalue weighted by atomic mass is 10.1. The van der Waals surface area contributed by atoms with Crippen LogP contribution in [0.5, 0.6) is 5.75 Å². The van der Waals surface area contributed by atoms with E-state index in [4.69, 9.17) is 4.74 Å². The van der Waals surface area contributed by atoms with Crippen LogP contribution in [0.15, 0.2) is 48.8 Å². The number of carbonyl (C=O) groups excluding carboxylic acids is 1. The topological polar surface area (TPSA) is 42.4 Å². The number of carbonyl (C=O) groups is 1. The fourth-order valence-electron chi connectivity index (χ4n) is 2.51. The van der Waals surface area contributed by atoms with Gasteiger partial charge in [0.05, 0.1) is 13.5 Å². The second kappa shape index (κ2) is 6.60. The van der Waals surface area contributed by atoms with Gasteiger partial charge in [0.2, 0.25) is 5.91 Å². The molecule has 1 aromatic heterocycles. The molecule has 1 aromatic carbocycles. The van der Waals surface area contributed by atoms with Gasteiger partial charge >= 0.3 is 0 Å². The SMILES string of the molecule is COc1ccc(CC(=O)N(Cc2ccncc2)C2CC2)cc1. The van der Waals surface area contributed by atoms with E-state index in [0.29, 0.717) is 19.0 Å². The number of methoxy groups -OCH3 is 1. The number of hydrogen-bond donors (Lipinski definition) is 0. The van der Waals surface area contributed by atoms with Crippen LogP contribution in [0.2, 0.25) is 0 Å². The molecule has 0 aliphatic heterocycles. The van der Waals surface area contributed by atoms with Crippen LogP contribution in [-0.4, -0.2) is 28.9 Å². The molecule has 1 aliphatic carbocycles. The molecule has 1 fully saturated rings. The summed E-state index contributed by atoms with van der Waals surface area (Å²) in [5, 5.41) is 0. The smallest absolute Gasteiger partial charge is 0.227 e. The number of pyridine rings is 1.